The SMILES string of the molecule is Fc1cccc(Cl)c1[C@@H]1C[C@H](c2ccc(-c3ccccc3)cc2)Nc2ncnn21. The van der Waals surface area contributed by atoms with Gasteiger partial charge in [-0.2, -0.15) is 10.1 Å². The largest absolute Gasteiger partial charge is 0.348 e. The van der Waals surface area contributed by atoms with Crippen LogP contribution in [0.4, 0.5) is 10.3 Å². The molecule has 5 rings (SSSR count). The number of anilines is 1. The summed E-state index contributed by atoms with van der Waals surface area (Å²) in [6.45, 7) is 0. The molecule has 0 bridgehead atoms. The minimum absolute atomic E-state index is 0.0304. The van der Waals surface area contributed by atoms with Gasteiger partial charge in [-0.25, -0.2) is 9.07 Å². The molecule has 1 N–H and O–H groups in total. The van der Waals surface area contributed by atoms with E-state index in [2.05, 4.69) is 51.8 Å². The third-order valence-electron chi connectivity index (χ3n) is 5.38. The second-order valence-corrected chi connectivity index (χ2v) is 7.51. The molecule has 2 atom stereocenters. The molecule has 0 amide bonds. The minimum atomic E-state index is -0.332. The predicted octanol–water partition coefficient (Wildman–Crippen LogP) is 5.88. The highest BCUT2D eigenvalue weighted by Crippen LogP contribution is 2.40. The Morgan fingerprint density at radius 3 is 2.45 bits per heavy atom. The summed E-state index contributed by atoms with van der Waals surface area (Å²) < 4.78 is 16.3. The van der Waals surface area contributed by atoms with Crippen LogP contribution in [0.5, 0.6) is 0 Å². The van der Waals surface area contributed by atoms with E-state index in [9.17, 15) is 4.39 Å². The minimum Gasteiger partial charge on any atom is -0.348 e. The smallest absolute Gasteiger partial charge is 0.222 e. The van der Waals surface area contributed by atoms with Gasteiger partial charge in [-0.3, -0.25) is 0 Å². The number of halogens is 2. The molecule has 0 saturated heterocycles. The predicted molar refractivity (Wildman–Crippen MR) is 112 cm³/mol. The highest BCUT2D eigenvalue weighted by molar-refractivity contribution is 6.31. The maximum Gasteiger partial charge on any atom is 0.222 e. The zero-order chi connectivity index (χ0) is 19.8. The molecule has 3 aromatic carbocycles. The molecule has 144 valence electrons. The number of nitrogens with zero attached hydrogens (tertiary/aromatic N) is 3. The summed E-state index contributed by atoms with van der Waals surface area (Å²) in [6.07, 6.45) is 2.09. The first-order chi connectivity index (χ1) is 14.2. The van der Waals surface area contributed by atoms with Crippen LogP contribution in [0.15, 0.2) is 79.1 Å². The number of hydrogen-bond acceptors (Lipinski definition) is 3. The summed E-state index contributed by atoms with van der Waals surface area (Å²) in [5.41, 5.74) is 3.89. The van der Waals surface area contributed by atoms with Crippen molar-refractivity contribution in [2.24, 2.45) is 0 Å². The molecule has 0 saturated carbocycles. The number of hydrogen-bond donors (Lipinski definition) is 1. The Morgan fingerprint density at radius 2 is 1.69 bits per heavy atom. The van der Waals surface area contributed by atoms with Crippen LogP contribution in [0.1, 0.15) is 29.6 Å². The van der Waals surface area contributed by atoms with Gasteiger partial charge in [0.1, 0.15) is 12.1 Å². The van der Waals surface area contributed by atoms with Crippen LogP contribution in [0.2, 0.25) is 5.02 Å². The molecule has 2 heterocycles. The molecule has 0 spiro atoms. The van der Waals surface area contributed by atoms with Crippen molar-refractivity contribution in [3.63, 3.8) is 0 Å². The summed E-state index contributed by atoms with van der Waals surface area (Å²) in [6, 6.07) is 23.1. The van der Waals surface area contributed by atoms with Crippen LogP contribution >= 0.6 is 11.6 Å². The van der Waals surface area contributed by atoms with Crippen molar-refractivity contribution in [1.29, 1.82) is 0 Å². The first-order valence-corrected chi connectivity index (χ1v) is 9.84. The number of benzene rings is 3. The number of fused-ring (bicyclic) bond motifs is 1. The quantitative estimate of drug-likeness (QED) is 0.463. The molecule has 6 heteroatoms. The van der Waals surface area contributed by atoms with Crippen LogP contribution in [0, 0.1) is 5.82 Å². The zero-order valence-corrected chi connectivity index (χ0v) is 16.2. The van der Waals surface area contributed by atoms with E-state index in [0.29, 0.717) is 23.0 Å². The normalized spacial score (nSPS) is 18.1. The Morgan fingerprint density at radius 1 is 0.931 bits per heavy atom. The molecular weight excluding hydrogens is 387 g/mol. The second-order valence-electron chi connectivity index (χ2n) is 7.10. The van der Waals surface area contributed by atoms with E-state index in [0.717, 1.165) is 11.1 Å². The third-order valence-corrected chi connectivity index (χ3v) is 5.71. The van der Waals surface area contributed by atoms with E-state index in [1.54, 1.807) is 16.8 Å². The second kappa shape index (κ2) is 7.33. The summed E-state index contributed by atoms with van der Waals surface area (Å²) in [7, 11) is 0. The fraction of sp³-hybridized carbons (Fsp3) is 0.130. The van der Waals surface area contributed by atoms with Crippen LogP contribution in [-0.4, -0.2) is 14.8 Å². The highest BCUT2D eigenvalue weighted by atomic mass is 35.5. The molecule has 29 heavy (non-hydrogen) atoms. The van der Waals surface area contributed by atoms with E-state index in [1.807, 2.05) is 18.2 Å². The van der Waals surface area contributed by atoms with Gasteiger partial charge in [0.2, 0.25) is 5.95 Å². The van der Waals surface area contributed by atoms with Crippen LogP contribution in [0.3, 0.4) is 0 Å². The molecule has 4 aromatic rings. The molecule has 0 fully saturated rings. The van der Waals surface area contributed by atoms with Crippen molar-refractivity contribution in [3.8, 4) is 11.1 Å². The highest BCUT2D eigenvalue weighted by Gasteiger charge is 2.32. The van der Waals surface area contributed by atoms with Crippen LogP contribution in [-0.2, 0) is 0 Å². The summed E-state index contributed by atoms with van der Waals surface area (Å²) in [4.78, 5) is 4.31. The van der Waals surface area contributed by atoms with Gasteiger partial charge >= 0.3 is 0 Å². The van der Waals surface area contributed by atoms with Crippen molar-refractivity contribution in [2.75, 3.05) is 5.32 Å². The van der Waals surface area contributed by atoms with Crippen molar-refractivity contribution < 1.29 is 4.39 Å². The standard InChI is InChI=1S/C23H18ClFN4/c24-18-7-4-8-19(25)22(18)21-13-20(28-23-26-14-27-29(21)23)17-11-9-16(10-12-17)15-5-2-1-3-6-15/h1-12,14,20-21H,13H2,(H,26,27,28)/t20-,21+/m1/s1. The fourth-order valence-electron chi connectivity index (χ4n) is 3.95. The maximum absolute atomic E-state index is 14.6. The van der Waals surface area contributed by atoms with Crippen molar-refractivity contribution >= 4 is 17.5 Å². The van der Waals surface area contributed by atoms with E-state index in [-0.39, 0.29) is 17.9 Å². The van der Waals surface area contributed by atoms with Gasteiger partial charge in [0.05, 0.1) is 12.1 Å². The molecule has 0 aliphatic carbocycles. The Balaban J connectivity index is 1.50. The first-order valence-electron chi connectivity index (χ1n) is 9.46. The van der Waals surface area contributed by atoms with Gasteiger partial charge < -0.3 is 5.32 Å². The van der Waals surface area contributed by atoms with Gasteiger partial charge in [0.15, 0.2) is 0 Å². The number of rotatable bonds is 3. The van der Waals surface area contributed by atoms with Crippen molar-refractivity contribution in [3.05, 3.63) is 101 Å². The lowest BCUT2D eigenvalue weighted by Gasteiger charge is -2.32. The van der Waals surface area contributed by atoms with Crippen molar-refractivity contribution in [1.82, 2.24) is 14.8 Å². The molecule has 0 radical (unpaired) electrons. The maximum atomic E-state index is 14.6. The molecule has 4 nitrogen and oxygen atoms in total. The lowest BCUT2D eigenvalue weighted by molar-refractivity contribution is 0.416. The zero-order valence-electron chi connectivity index (χ0n) is 15.5. The summed E-state index contributed by atoms with van der Waals surface area (Å²) >= 11 is 6.36. The van der Waals surface area contributed by atoms with E-state index in [1.165, 1.54) is 18.0 Å². The average molecular weight is 405 g/mol. The fourth-order valence-corrected chi connectivity index (χ4v) is 4.24. The Kier molecular flexibility index (Phi) is 4.52. The molecular formula is C23H18ClFN4. The van der Waals surface area contributed by atoms with E-state index < -0.39 is 0 Å². The van der Waals surface area contributed by atoms with E-state index in [4.69, 9.17) is 11.6 Å². The Bertz CT molecular complexity index is 1120. The van der Waals surface area contributed by atoms with Crippen molar-refractivity contribution in [2.45, 2.75) is 18.5 Å². The van der Waals surface area contributed by atoms with Crippen LogP contribution < -0.4 is 5.32 Å². The topological polar surface area (TPSA) is 42.7 Å². The van der Waals surface area contributed by atoms with Crippen LogP contribution in [0.25, 0.3) is 11.1 Å². The van der Waals surface area contributed by atoms with E-state index >= 15 is 0 Å². The van der Waals surface area contributed by atoms with Gasteiger partial charge in [-0.05, 0) is 35.2 Å². The van der Waals surface area contributed by atoms with Gasteiger partial charge in [-0.1, -0.05) is 72.3 Å². The lowest BCUT2D eigenvalue weighted by Crippen LogP contribution is -2.28. The Hall–Kier alpha value is -3.18. The third kappa shape index (κ3) is 3.28. The van der Waals surface area contributed by atoms with Gasteiger partial charge in [-0.15, -0.1) is 0 Å². The first kappa shape index (κ1) is 17.9. The van der Waals surface area contributed by atoms with Gasteiger partial charge in [0.25, 0.3) is 0 Å². The number of aromatic nitrogens is 3. The Labute approximate surface area is 173 Å². The molecule has 1 aliphatic rings. The lowest BCUT2D eigenvalue weighted by atomic mass is 9.92. The molecule has 1 aromatic heterocycles. The number of nitrogens with one attached hydrogen (secondary N) is 1. The summed E-state index contributed by atoms with van der Waals surface area (Å²) in [5, 5.41) is 8.11. The average Bonchev–Trinajstić information content (AvgIpc) is 3.23. The monoisotopic (exact) mass is 404 g/mol. The summed E-state index contributed by atoms with van der Waals surface area (Å²) in [5.74, 6) is 0.279. The molecule has 1 aliphatic heterocycles. The van der Waals surface area contributed by atoms with Gasteiger partial charge in [0, 0.05) is 10.6 Å². The molecule has 0 unspecified atom stereocenters.